The highest BCUT2D eigenvalue weighted by Crippen LogP contribution is 2.28. The van der Waals surface area contributed by atoms with Crippen LogP contribution in [0.15, 0.2) is 42.5 Å². The second-order valence-electron chi connectivity index (χ2n) is 8.98. The Kier molecular flexibility index (Phi) is 10.3. The molecule has 1 fully saturated rings. The molecule has 0 aromatic heterocycles. The molecule has 8 nitrogen and oxygen atoms in total. The lowest BCUT2D eigenvalue weighted by Crippen LogP contribution is -2.52. The Hall–Kier alpha value is -3.42. The number of rotatable bonds is 12. The molecule has 36 heavy (non-hydrogen) atoms. The van der Waals surface area contributed by atoms with Gasteiger partial charge in [-0.1, -0.05) is 38.3 Å². The summed E-state index contributed by atoms with van der Waals surface area (Å²) in [6.45, 7) is 1.95. The summed E-state index contributed by atoms with van der Waals surface area (Å²) in [5.41, 5.74) is 0.870. The van der Waals surface area contributed by atoms with E-state index in [1.807, 2.05) is 31.2 Å². The summed E-state index contributed by atoms with van der Waals surface area (Å²) in [4.78, 5) is 28.4. The molecule has 1 aliphatic rings. The van der Waals surface area contributed by atoms with Crippen LogP contribution in [-0.2, 0) is 16.1 Å². The van der Waals surface area contributed by atoms with E-state index in [2.05, 4.69) is 5.32 Å². The van der Waals surface area contributed by atoms with E-state index in [0.717, 1.165) is 31.2 Å². The Bertz CT molecular complexity index is 983. The monoisotopic (exact) mass is 498 g/mol. The van der Waals surface area contributed by atoms with E-state index in [1.165, 1.54) is 6.42 Å². The van der Waals surface area contributed by atoms with Crippen molar-refractivity contribution in [3.63, 3.8) is 0 Å². The van der Waals surface area contributed by atoms with Crippen LogP contribution in [0.1, 0.15) is 51.0 Å². The topological polar surface area (TPSA) is 86.3 Å². The van der Waals surface area contributed by atoms with Crippen molar-refractivity contribution < 1.29 is 28.5 Å². The van der Waals surface area contributed by atoms with Gasteiger partial charge in [0.2, 0.25) is 5.91 Å². The summed E-state index contributed by atoms with van der Waals surface area (Å²) < 4.78 is 21.8. The first-order valence-electron chi connectivity index (χ1n) is 12.6. The molecule has 0 aliphatic heterocycles. The normalized spacial score (nSPS) is 14.4. The van der Waals surface area contributed by atoms with Gasteiger partial charge in [-0.3, -0.25) is 9.59 Å². The van der Waals surface area contributed by atoms with Crippen LogP contribution >= 0.6 is 0 Å². The number of nitrogens with one attached hydrogen (secondary N) is 1. The number of nitrogens with zero attached hydrogens (tertiary/aromatic N) is 1. The highest BCUT2D eigenvalue weighted by Gasteiger charge is 2.30. The molecule has 2 aromatic carbocycles. The van der Waals surface area contributed by atoms with Crippen LogP contribution in [0.25, 0.3) is 0 Å². The average molecular weight is 499 g/mol. The van der Waals surface area contributed by atoms with Crippen LogP contribution in [0, 0.1) is 0 Å². The Balaban J connectivity index is 1.79. The van der Waals surface area contributed by atoms with Gasteiger partial charge in [-0.15, -0.1) is 0 Å². The number of ether oxygens (including phenoxy) is 4. The third kappa shape index (κ3) is 7.54. The van der Waals surface area contributed by atoms with Crippen LogP contribution in [0.4, 0.5) is 0 Å². The zero-order valence-corrected chi connectivity index (χ0v) is 21.7. The zero-order chi connectivity index (χ0) is 25.9. The fourth-order valence-corrected chi connectivity index (χ4v) is 4.52. The van der Waals surface area contributed by atoms with Crippen molar-refractivity contribution in [1.29, 1.82) is 0 Å². The van der Waals surface area contributed by atoms with Crippen molar-refractivity contribution in [3.05, 3.63) is 48.0 Å². The SMILES string of the molecule is CCC(C(=O)NC1CCCCC1)N(Cc1cccc(OC)c1)C(=O)COc1cc(OC)cc(OC)c1. The molecule has 1 unspecified atom stereocenters. The van der Waals surface area contributed by atoms with Crippen molar-refractivity contribution in [1.82, 2.24) is 10.2 Å². The Morgan fingerprint density at radius 3 is 2.17 bits per heavy atom. The second kappa shape index (κ2) is 13.6. The first-order chi connectivity index (χ1) is 17.5. The fraction of sp³-hybridized carbons (Fsp3) is 0.500. The molecule has 2 aromatic rings. The Labute approximate surface area is 213 Å². The van der Waals surface area contributed by atoms with E-state index in [0.29, 0.717) is 29.4 Å². The number of carbonyl (C=O) groups is 2. The molecule has 0 bridgehead atoms. The summed E-state index contributed by atoms with van der Waals surface area (Å²) in [6.07, 6.45) is 5.88. The van der Waals surface area contributed by atoms with E-state index >= 15 is 0 Å². The Morgan fingerprint density at radius 2 is 1.56 bits per heavy atom. The minimum atomic E-state index is -0.617. The molecule has 1 saturated carbocycles. The molecule has 3 rings (SSSR count). The van der Waals surface area contributed by atoms with Crippen molar-refractivity contribution in [2.75, 3.05) is 27.9 Å². The number of amides is 2. The maximum Gasteiger partial charge on any atom is 0.261 e. The predicted molar refractivity (Wildman–Crippen MR) is 138 cm³/mol. The molecular formula is C28H38N2O6. The van der Waals surface area contributed by atoms with Crippen molar-refractivity contribution in [3.8, 4) is 23.0 Å². The molecule has 1 atom stereocenters. The standard InChI is InChI=1S/C28H38N2O6/c1-5-26(28(32)29-21-11-7-6-8-12-21)30(18-20-10-9-13-22(14-20)33-2)27(31)19-36-25-16-23(34-3)15-24(17-25)35-4/h9-10,13-17,21,26H,5-8,11-12,18-19H2,1-4H3,(H,29,32). The highest BCUT2D eigenvalue weighted by atomic mass is 16.5. The van der Waals surface area contributed by atoms with Crippen LogP contribution in [0.2, 0.25) is 0 Å². The molecule has 0 spiro atoms. The molecule has 1 aliphatic carbocycles. The van der Waals surface area contributed by atoms with E-state index < -0.39 is 6.04 Å². The second-order valence-corrected chi connectivity index (χ2v) is 8.98. The van der Waals surface area contributed by atoms with Gasteiger partial charge in [-0.05, 0) is 37.0 Å². The largest absolute Gasteiger partial charge is 0.497 e. The number of hydrogen-bond donors (Lipinski definition) is 1. The van der Waals surface area contributed by atoms with Gasteiger partial charge in [0.15, 0.2) is 6.61 Å². The number of benzene rings is 2. The van der Waals surface area contributed by atoms with E-state index in [1.54, 1.807) is 44.4 Å². The van der Waals surface area contributed by atoms with E-state index in [9.17, 15) is 9.59 Å². The van der Waals surface area contributed by atoms with Gasteiger partial charge in [0.25, 0.3) is 5.91 Å². The van der Waals surface area contributed by atoms with Crippen molar-refractivity contribution >= 4 is 11.8 Å². The maximum atomic E-state index is 13.5. The lowest BCUT2D eigenvalue weighted by atomic mass is 9.95. The average Bonchev–Trinajstić information content (AvgIpc) is 2.91. The van der Waals surface area contributed by atoms with Gasteiger partial charge in [-0.25, -0.2) is 0 Å². The molecule has 2 amide bonds. The van der Waals surface area contributed by atoms with Crippen LogP contribution < -0.4 is 24.3 Å². The first-order valence-corrected chi connectivity index (χ1v) is 12.6. The number of methoxy groups -OCH3 is 3. The number of hydrogen-bond acceptors (Lipinski definition) is 6. The maximum absolute atomic E-state index is 13.5. The molecular weight excluding hydrogens is 460 g/mol. The van der Waals surface area contributed by atoms with Gasteiger partial charge >= 0.3 is 0 Å². The summed E-state index contributed by atoms with van der Waals surface area (Å²) >= 11 is 0. The lowest BCUT2D eigenvalue weighted by Gasteiger charge is -2.32. The molecule has 1 N–H and O–H groups in total. The zero-order valence-electron chi connectivity index (χ0n) is 21.7. The smallest absolute Gasteiger partial charge is 0.261 e. The minimum Gasteiger partial charge on any atom is -0.497 e. The van der Waals surface area contributed by atoms with Gasteiger partial charge in [-0.2, -0.15) is 0 Å². The third-order valence-electron chi connectivity index (χ3n) is 6.51. The molecule has 0 heterocycles. The quantitative estimate of drug-likeness (QED) is 0.468. The predicted octanol–water partition coefficient (Wildman–Crippen LogP) is 4.35. The lowest BCUT2D eigenvalue weighted by molar-refractivity contribution is -0.143. The highest BCUT2D eigenvalue weighted by molar-refractivity contribution is 5.88. The molecule has 0 saturated heterocycles. The van der Waals surface area contributed by atoms with Gasteiger partial charge in [0, 0.05) is 30.8 Å². The summed E-state index contributed by atoms with van der Waals surface area (Å²) in [6, 6.07) is 12.2. The summed E-state index contributed by atoms with van der Waals surface area (Å²) in [7, 11) is 4.71. The van der Waals surface area contributed by atoms with Crippen LogP contribution in [0.5, 0.6) is 23.0 Å². The molecule has 196 valence electrons. The van der Waals surface area contributed by atoms with E-state index in [4.69, 9.17) is 18.9 Å². The van der Waals surface area contributed by atoms with Crippen molar-refractivity contribution in [2.45, 2.75) is 64.1 Å². The summed E-state index contributed by atoms with van der Waals surface area (Å²) in [5, 5.41) is 3.19. The number of carbonyl (C=O) groups excluding carboxylic acids is 2. The van der Waals surface area contributed by atoms with Crippen LogP contribution in [-0.4, -0.2) is 56.7 Å². The minimum absolute atomic E-state index is 0.122. The fourth-order valence-electron chi connectivity index (χ4n) is 4.52. The molecule has 0 radical (unpaired) electrons. The van der Waals surface area contributed by atoms with Gasteiger partial charge < -0.3 is 29.2 Å². The first kappa shape index (κ1) is 27.2. The Morgan fingerprint density at radius 1 is 0.917 bits per heavy atom. The van der Waals surface area contributed by atoms with Gasteiger partial charge in [0.1, 0.15) is 29.0 Å². The van der Waals surface area contributed by atoms with E-state index in [-0.39, 0.29) is 31.0 Å². The molecule has 8 heteroatoms. The van der Waals surface area contributed by atoms with Crippen LogP contribution in [0.3, 0.4) is 0 Å². The van der Waals surface area contributed by atoms with Crippen molar-refractivity contribution in [2.24, 2.45) is 0 Å². The third-order valence-corrected chi connectivity index (χ3v) is 6.51. The summed E-state index contributed by atoms with van der Waals surface area (Å²) in [5.74, 6) is 1.85. The van der Waals surface area contributed by atoms with Gasteiger partial charge in [0.05, 0.1) is 21.3 Å².